The van der Waals surface area contributed by atoms with E-state index in [2.05, 4.69) is 0 Å². The van der Waals surface area contributed by atoms with Crippen LogP contribution in [0.1, 0.15) is 17.2 Å². The van der Waals surface area contributed by atoms with Gasteiger partial charge in [0.25, 0.3) is 0 Å². The van der Waals surface area contributed by atoms with Crippen LogP contribution in [-0.4, -0.2) is 18.8 Å². The number of phenolic OH excluding ortho intramolecular Hbond substituents is 1. The molecule has 5 N–H and O–H groups in total. The molecule has 1 rings (SSSR count). The molecule has 1 aromatic rings. The highest BCUT2D eigenvalue weighted by molar-refractivity contribution is 5.46. The molecule has 0 bridgehead atoms. The number of aromatic hydroxyl groups is 1. The third-order valence-corrected chi connectivity index (χ3v) is 2.20. The predicted octanol–water partition coefficient (Wildman–Crippen LogP) is 0.668. The largest absolute Gasteiger partial charge is 0.508 e. The van der Waals surface area contributed by atoms with E-state index in [0.717, 1.165) is 5.56 Å². The van der Waals surface area contributed by atoms with E-state index in [1.807, 2.05) is 6.92 Å². The highest BCUT2D eigenvalue weighted by Gasteiger charge is 2.12. The first-order valence-corrected chi connectivity index (χ1v) is 4.43. The summed E-state index contributed by atoms with van der Waals surface area (Å²) < 4.78 is 5.13. The van der Waals surface area contributed by atoms with Crippen LogP contribution in [0.5, 0.6) is 11.5 Å². The first kappa shape index (κ1) is 10.8. The van der Waals surface area contributed by atoms with Crippen LogP contribution in [0.3, 0.4) is 0 Å². The Labute approximate surface area is 83.5 Å². The second-order valence-corrected chi connectivity index (χ2v) is 3.22. The first-order valence-electron chi connectivity index (χ1n) is 4.43. The van der Waals surface area contributed by atoms with Crippen molar-refractivity contribution in [2.75, 3.05) is 13.7 Å². The predicted molar refractivity (Wildman–Crippen MR) is 55.4 cm³/mol. The lowest BCUT2D eigenvalue weighted by atomic mass is 10.0. The Hall–Kier alpha value is -1.26. The summed E-state index contributed by atoms with van der Waals surface area (Å²) in [5.41, 5.74) is 12.6. The molecule has 0 saturated carbocycles. The molecule has 0 radical (unpaired) electrons. The fraction of sp³-hybridized carbons (Fsp3) is 0.400. The van der Waals surface area contributed by atoms with Gasteiger partial charge in [0.2, 0.25) is 0 Å². The van der Waals surface area contributed by atoms with Gasteiger partial charge in [-0.05, 0) is 24.6 Å². The number of methoxy groups -OCH3 is 1. The van der Waals surface area contributed by atoms with E-state index in [1.165, 1.54) is 0 Å². The van der Waals surface area contributed by atoms with Crippen LogP contribution < -0.4 is 16.2 Å². The number of nitrogens with two attached hydrogens (primary N) is 2. The average molecular weight is 196 g/mol. The summed E-state index contributed by atoms with van der Waals surface area (Å²) in [5.74, 6) is 0.878. The second-order valence-electron chi connectivity index (χ2n) is 3.22. The van der Waals surface area contributed by atoms with E-state index in [1.54, 1.807) is 19.2 Å². The number of hydrogen-bond acceptors (Lipinski definition) is 4. The van der Waals surface area contributed by atoms with Crippen LogP contribution >= 0.6 is 0 Å². The van der Waals surface area contributed by atoms with Crippen molar-refractivity contribution in [3.8, 4) is 11.5 Å². The molecule has 4 heteroatoms. The van der Waals surface area contributed by atoms with E-state index in [-0.39, 0.29) is 11.8 Å². The van der Waals surface area contributed by atoms with E-state index in [0.29, 0.717) is 17.9 Å². The maximum Gasteiger partial charge on any atom is 0.122 e. The lowest BCUT2D eigenvalue weighted by Crippen LogP contribution is -2.20. The third kappa shape index (κ3) is 1.97. The molecule has 1 aromatic carbocycles. The number of ether oxygens (including phenoxy) is 1. The Morgan fingerprint density at radius 3 is 2.64 bits per heavy atom. The Morgan fingerprint density at radius 2 is 2.14 bits per heavy atom. The molecule has 0 aliphatic rings. The molecule has 0 unspecified atom stereocenters. The quantitative estimate of drug-likeness (QED) is 0.663. The zero-order valence-corrected chi connectivity index (χ0v) is 8.45. The van der Waals surface area contributed by atoms with E-state index >= 15 is 0 Å². The Balaban J connectivity index is 3.17. The van der Waals surface area contributed by atoms with Crippen molar-refractivity contribution in [1.29, 1.82) is 0 Å². The number of benzene rings is 1. The highest BCUT2D eigenvalue weighted by Crippen LogP contribution is 2.30. The summed E-state index contributed by atoms with van der Waals surface area (Å²) in [4.78, 5) is 0. The molecule has 14 heavy (non-hydrogen) atoms. The summed E-state index contributed by atoms with van der Waals surface area (Å²) >= 11 is 0. The smallest absolute Gasteiger partial charge is 0.122 e. The van der Waals surface area contributed by atoms with Crippen molar-refractivity contribution >= 4 is 0 Å². The number of hydrogen-bond donors (Lipinski definition) is 3. The summed E-state index contributed by atoms with van der Waals surface area (Å²) in [7, 11) is 1.58. The topological polar surface area (TPSA) is 81.5 Å². The molecule has 78 valence electrons. The van der Waals surface area contributed by atoms with Gasteiger partial charge in [0.1, 0.15) is 11.5 Å². The van der Waals surface area contributed by atoms with Gasteiger partial charge in [-0.15, -0.1) is 0 Å². The van der Waals surface area contributed by atoms with Crippen molar-refractivity contribution in [3.05, 3.63) is 23.3 Å². The number of phenols is 1. The molecule has 0 heterocycles. The maximum atomic E-state index is 9.62. The van der Waals surface area contributed by atoms with E-state index in [9.17, 15) is 5.11 Å². The fourth-order valence-corrected chi connectivity index (χ4v) is 1.33. The van der Waals surface area contributed by atoms with E-state index < -0.39 is 0 Å². The normalized spacial score (nSPS) is 12.6. The minimum atomic E-state index is -0.357. The lowest BCUT2D eigenvalue weighted by molar-refractivity contribution is 0.406. The van der Waals surface area contributed by atoms with Crippen LogP contribution in [-0.2, 0) is 0 Å². The molecule has 0 aliphatic heterocycles. The van der Waals surface area contributed by atoms with Crippen molar-refractivity contribution in [3.63, 3.8) is 0 Å². The van der Waals surface area contributed by atoms with Gasteiger partial charge in [0, 0.05) is 18.2 Å². The zero-order valence-electron chi connectivity index (χ0n) is 8.45. The van der Waals surface area contributed by atoms with Crippen molar-refractivity contribution in [1.82, 2.24) is 0 Å². The highest BCUT2D eigenvalue weighted by atomic mass is 16.5. The Bertz CT molecular complexity index is 326. The molecule has 0 amide bonds. The lowest BCUT2D eigenvalue weighted by Gasteiger charge is -2.14. The molecular weight excluding hydrogens is 180 g/mol. The van der Waals surface area contributed by atoms with Gasteiger partial charge in [-0.2, -0.15) is 0 Å². The molecule has 0 spiro atoms. The van der Waals surface area contributed by atoms with Gasteiger partial charge in [0.05, 0.1) is 7.11 Å². The van der Waals surface area contributed by atoms with Gasteiger partial charge in [-0.25, -0.2) is 0 Å². The van der Waals surface area contributed by atoms with Gasteiger partial charge in [-0.1, -0.05) is 0 Å². The standard InChI is InChI=1S/C10H16N2O2/c1-6-3-9(13)7(8(12)5-11)4-10(6)14-2/h3-4,8,13H,5,11-12H2,1-2H3/t8-/m0/s1. The third-order valence-electron chi connectivity index (χ3n) is 2.20. The molecule has 1 atom stereocenters. The van der Waals surface area contributed by atoms with Crippen LogP contribution in [0.15, 0.2) is 12.1 Å². The monoisotopic (exact) mass is 196 g/mol. The summed E-state index contributed by atoms with van der Waals surface area (Å²) in [6.07, 6.45) is 0. The van der Waals surface area contributed by atoms with Crippen molar-refractivity contribution < 1.29 is 9.84 Å². The molecule has 0 aromatic heterocycles. The zero-order chi connectivity index (χ0) is 10.7. The fourth-order valence-electron chi connectivity index (χ4n) is 1.33. The summed E-state index contributed by atoms with van der Waals surface area (Å²) in [5, 5.41) is 9.62. The maximum absolute atomic E-state index is 9.62. The summed E-state index contributed by atoms with van der Waals surface area (Å²) in [6, 6.07) is 3.00. The molecular formula is C10H16N2O2. The van der Waals surface area contributed by atoms with Gasteiger partial charge < -0.3 is 21.3 Å². The Morgan fingerprint density at radius 1 is 1.50 bits per heavy atom. The van der Waals surface area contributed by atoms with Gasteiger partial charge in [0.15, 0.2) is 0 Å². The van der Waals surface area contributed by atoms with Gasteiger partial charge >= 0.3 is 0 Å². The number of aryl methyl sites for hydroxylation is 1. The molecule has 0 aliphatic carbocycles. The SMILES string of the molecule is COc1cc([C@@H](N)CN)c(O)cc1C. The van der Waals surface area contributed by atoms with Crippen LogP contribution in [0, 0.1) is 6.92 Å². The molecule has 0 fully saturated rings. The minimum Gasteiger partial charge on any atom is -0.508 e. The summed E-state index contributed by atoms with van der Waals surface area (Å²) in [6.45, 7) is 2.15. The number of rotatable bonds is 3. The van der Waals surface area contributed by atoms with Gasteiger partial charge in [-0.3, -0.25) is 0 Å². The van der Waals surface area contributed by atoms with Crippen molar-refractivity contribution in [2.24, 2.45) is 11.5 Å². The molecule has 0 saturated heterocycles. The van der Waals surface area contributed by atoms with Crippen molar-refractivity contribution in [2.45, 2.75) is 13.0 Å². The Kier molecular flexibility index (Phi) is 3.33. The minimum absolute atomic E-state index is 0.168. The molecule has 4 nitrogen and oxygen atoms in total. The van der Waals surface area contributed by atoms with E-state index in [4.69, 9.17) is 16.2 Å². The van der Waals surface area contributed by atoms with Crippen LogP contribution in [0.2, 0.25) is 0 Å². The first-order chi connectivity index (χ1) is 6.60. The van der Waals surface area contributed by atoms with Crippen LogP contribution in [0.4, 0.5) is 0 Å². The van der Waals surface area contributed by atoms with Crippen LogP contribution in [0.25, 0.3) is 0 Å². The second kappa shape index (κ2) is 4.30. The average Bonchev–Trinajstić information content (AvgIpc) is 2.17.